The number of carbonyl (C=O) groups excluding carboxylic acids is 1. The Hall–Kier alpha value is -4.19. The van der Waals surface area contributed by atoms with Crippen LogP contribution in [0.4, 0.5) is 5.82 Å². The number of anilines is 1. The number of fused-ring (bicyclic) bond motifs is 2. The largest absolute Gasteiger partial charge is 0.462 e. The number of nitrogens with zero attached hydrogens (tertiary/aromatic N) is 6. The van der Waals surface area contributed by atoms with Crippen molar-refractivity contribution in [3.63, 3.8) is 0 Å². The summed E-state index contributed by atoms with van der Waals surface area (Å²) in [5.41, 5.74) is 2.80. The molecule has 42 heavy (non-hydrogen) atoms. The molecule has 2 atom stereocenters. The Bertz CT molecular complexity index is 1700. The summed E-state index contributed by atoms with van der Waals surface area (Å²) >= 11 is 6.67. The van der Waals surface area contributed by atoms with E-state index in [1.165, 1.54) is 6.08 Å². The molecule has 2 fully saturated rings. The lowest BCUT2D eigenvalue weighted by molar-refractivity contribution is -0.128. The molecule has 3 aromatic carbocycles. The van der Waals surface area contributed by atoms with Gasteiger partial charge in [0, 0.05) is 41.5 Å². The first-order chi connectivity index (χ1) is 20.5. The number of benzene rings is 3. The van der Waals surface area contributed by atoms with Gasteiger partial charge in [-0.3, -0.25) is 4.79 Å². The van der Waals surface area contributed by atoms with Crippen LogP contribution in [0.2, 0.25) is 5.02 Å². The summed E-state index contributed by atoms with van der Waals surface area (Å²) < 4.78 is 6.25. The summed E-state index contributed by atoms with van der Waals surface area (Å²) in [5, 5.41) is 3.67. The third kappa shape index (κ3) is 5.38. The fourth-order valence-corrected chi connectivity index (χ4v) is 6.46. The number of likely N-dealkylation sites (tertiary alicyclic amines) is 1. The van der Waals surface area contributed by atoms with Crippen LogP contribution < -0.4 is 9.64 Å². The van der Waals surface area contributed by atoms with Crippen molar-refractivity contribution in [1.29, 1.82) is 0 Å². The molecule has 0 radical (unpaired) electrons. The molecule has 2 aliphatic heterocycles. The van der Waals surface area contributed by atoms with E-state index in [-0.39, 0.29) is 18.5 Å². The van der Waals surface area contributed by atoms with Gasteiger partial charge in [0.15, 0.2) is 0 Å². The molecule has 3 heterocycles. The van der Waals surface area contributed by atoms with Gasteiger partial charge >= 0.3 is 6.01 Å². The van der Waals surface area contributed by atoms with Crippen LogP contribution in [0.5, 0.6) is 6.01 Å². The number of likely N-dealkylation sites (N-methyl/N-ethyl adjacent to an activating group) is 1. The van der Waals surface area contributed by atoms with Crippen LogP contribution in [0, 0.1) is 6.57 Å². The van der Waals surface area contributed by atoms with Gasteiger partial charge in [0.1, 0.15) is 18.5 Å². The Morgan fingerprint density at radius 2 is 1.98 bits per heavy atom. The molecule has 0 spiro atoms. The summed E-state index contributed by atoms with van der Waals surface area (Å²) in [6.45, 7) is 14.4. The van der Waals surface area contributed by atoms with Crippen molar-refractivity contribution in [3.05, 3.63) is 83.7 Å². The van der Waals surface area contributed by atoms with Gasteiger partial charge in [-0.15, -0.1) is 0 Å². The average molecular weight is 581 g/mol. The van der Waals surface area contributed by atoms with Crippen LogP contribution in [0.15, 0.2) is 67.3 Å². The predicted molar refractivity (Wildman–Crippen MR) is 168 cm³/mol. The third-order valence-corrected chi connectivity index (χ3v) is 8.75. The fraction of sp³-hybridized carbons (Fsp3) is 0.333. The summed E-state index contributed by atoms with van der Waals surface area (Å²) in [4.78, 5) is 32.1. The smallest absolute Gasteiger partial charge is 0.319 e. The summed E-state index contributed by atoms with van der Waals surface area (Å²) in [6, 6.07) is 18.7. The zero-order valence-electron chi connectivity index (χ0n) is 23.7. The number of halogens is 1. The Kier molecular flexibility index (Phi) is 7.96. The van der Waals surface area contributed by atoms with Crippen LogP contribution in [0.25, 0.3) is 37.6 Å². The van der Waals surface area contributed by atoms with Gasteiger partial charge in [0.2, 0.25) is 12.5 Å². The monoisotopic (exact) mass is 580 g/mol. The zero-order chi connectivity index (χ0) is 29.2. The number of rotatable bonds is 7. The van der Waals surface area contributed by atoms with Crippen molar-refractivity contribution < 1.29 is 9.53 Å². The van der Waals surface area contributed by atoms with Crippen molar-refractivity contribution in [2.45, 2.75) is 24.9 Å². The first-order valence-electron chi connectivity index (χ1n) is 14.3. The predicted octanol–water partition coefficient (Wildman–Crippen LogP) is 5.70. The van der Waals surface area contributed by atoms with Gasteiger partial charge in [0.05, 0.1) is 5.52 Å². The second-order valence-corrected chi connectivity index (χ2v) is 11.4. The lowest BCUT2D eigenvalue weighted by Crippen LogP contribution is -2.56. The molecule has 8 nitrogen and oxygen atoms in total. The van der Waals surface area contributed by atoms with Crippen LogP contribution in [-0.4, -0.2) is 84.1 Å². The molecule has 4 aromatic rings. The van der Waals surface area contributed by atoms with Crippen molar-refractivity contribution in [3.8, 4) is 17.1 Å². The first-order valence-corrected chi connectivity index (χ1v) is 14.7. The maximum atomic E-state index is 12.5. The van der Waals surface area contributed by atoms with Gasteiger partial charge in [-0.1, -0.05) is 54.6 Å². The van der Waals surface area contributed by atoms with Crippen LogP contribution in [0.1, 0.15) is 12.8 Å². The topological polar surface area (TPSA) is 66.2 Å². The number of amides is 1. The lowest BCUT2D eigenvalue weighted by atomic mass is 9.97. The molecule has 1 aromatic heterocycles. The second kappa shape index (κ2) is 12.0. The quantitative estimate of drug-likeness (QED) is 0.206. The second-order valence-electron chi connectivity index (χ2n) is 11.0. The van der Waals surface area contributed by atoms with E-state index in [0.29, 0.717) is 43.3 Å². The molecule has 2 saturated heterocycles. The van der Waals surface area contributed by atoms with Crippen LogP contribution in [-0.2, 0) is 4.79 Å². The highest BCUT2D eigenvalue weighted by molar-refractivity contribution is 6.36. The van der Waals surface area contributed by atoms with Gasteiger partial charge in [0.25, 0.3) is 0 Å². The van der Waals surface area contributed by atoms with E-state index >= 15 is 0 Å². The van der Waals surface area contributed by atoms with E-state index in [1.807, 2.05) is 18.2 Å². The molecule has 0 saturated carbocycles. The lowest BCUT2D eigenvalue weighted by Gasteiger charge is -2.39. The minimum atomic E-state index is -0.264. The molecule has 214 valence electrons. The van der Waals surface area contributed by atoms with Crippen molar-refractivity contribution in [2.75, 3.05) is 51.3 Å². The minimum absolute atomic E-state index is 0.154. The third-order valence-electron chi connectivity index (χ3n) is 8.44. The number of ether oxygens (including phenoxy) is 1. The minimum Gasteiger partial charge on any atom is -0.462 e. The van der Waals surface area contributed by atoms with E-state index in [1.54, 1.807) is 4.90 Å². The Labute approximate surface area is 251 Å². The summed E-state index contributed by atoms with van der Waals surface area (Å²) in [5.74, 6) is 0.594. The molecule has 0 N–H and O–H groups in total. The highest BCUT2D eigenvalue weighted by Crippen LogP contribution is 2.37. The zero-order valence-corrected chi connectivity index (χ0v) is 24.4. The summed E-state index contributed by atoms with van der Waals surface area (Å²) in [7, 11) is 2.12. The molecule has 2 aliphatic rings. The molecule has 6 rings (SSSR count). The summed E-state index contributed by atoms with van der Waals surface area (Å²) in [6.07, 6.45) is 3.56. The average Bonchev–Trinajstić information content (AvgIpc) is 3.43. The molecule has 0 unspecified atom stereocenters. The highest BCUT2D eigenvalue weighted by Gasteiger charge is 2.33. The van der Waals surface area contributed by atoms with Gasteiger partial charge in [-0.25, -0.2) is 6.57 Å². The van der Waals surface area contributed by atoms with Gasteiger partial charge in [-0.05, 0) is 67.2 Å². The van der Waals surface area contributed by atoms with E-state index < -0.39 is 0 Å². The van der Waals surface area contributed by atoms with E-state index in [2.05, 4.69) is 64.7 Å². The molecular weight excluding hydrogens is 548 g/mol. The molecule has 0 bridgehead atoms. The fourth-order valence-electron chi connectivity index (χ4n) is 6.18. The SMILES string of the molecule is [C-]#[N+]C[C@H]1CN(c2nc(OC[C@@H]3CCCN3C)nc3cc(-c4cccc5cccc(Cl)c45)ccc23)CCN1C(=O)C=C. The standard InChI is InChI=1S/C33H33ClN6O2/c1-4-30(41)40-17-16-39(20-25(40)19-35-2)32-27-14-13-23(26-11-5-8-22-9-6-12-28(34)31(22)26)18-29(27)36-33(37-32)42-21-24-10-7-15-38(24)3/h4-6,8-9,11-14,18,24-25H,1,7,10,15-17,19-21H2,3H3/t24-,25-/m0/s1. The van der Waals surface area contributed by atoms with E-state index in [0.717, 1.165) is 58.0 Å². The number of hydrogen-bond acceptors (Lipinski definition) is 6. The highest BCUT2D eigenvalue weighted by atomic mass is 35.5. The maximum Gasteiger partial charge on any atom is 0.319 e. The van der Waals surface area contributed by atoms with Crippen molar-refractivity contribution >= 4 is 45.0 Å². The molecule has 0 aliphatic carbocycles. The Balaban J connectivity index is 1.42. The van der Waals surface area contributed by atoms with Gasteiger partial charge in [-0.2, -0.15) is 9.97 Å². The van der Waals surface area contributed by atoms with Gasteiger partial charge < -0.3 is 24.3 Å². The number of piperazine rings is 1. The number of aromatic nitrogens is 2. The van der Waals surface area contributed by atoms with Crippen LogP contribution in [0.3, 0.4) is 0 Å². The Morgan fingerprint density at radius 3 is 2.74 bits per heavy atom. The molecular formula is C33H33ClN6O2. The van der Waals surface area contributed by atoms with Crippen LogP contribution >= 0.6 is 11.6 Å². The van der Waals surface area contributed by atoms with E-state index in [9.17, 15) is 4.79 Å². The number of hydrogen-bond donors (Lipinski definition) is 0. The molecule has 1 amide bonds. The first kappa shape index (κ1) is 28.0. The maximum absolute atomic E-state index is 12.5. The normalized spacial score (nSPS) is 19.3. The Morgan fingerprint density at radius 1 is 1.14 bits per heavy atom. The van der Waals surface area contributed by atoms with E-state index in [4.69, 9.17) is 32.9 Å². The number of carbonyl (C=O) groups is 1. The van der Waals surface area contributed by atoms with Crippen molar-refractivity contribution in [2.24, 2.45) is 0 Å². The van der Waals surface area contributed by atoms with Crippen molar-refractivity contribution in [1.82, 2.24) is 19.8 Å². The molecule has 9 heteroatoms.